The van der Waals surface area contributed by atoms with Gasteiger partial charge in [-0.3, -0.25) is 9.59 Å². The first-order valence-corrected chi connectivity index (χ1v) is 10.6. The van der Waals surface area contributed by atoms with E-state index in [-0.39, 0.29) is 23.3 Å². The molecule has 1 saturated heterocycles. The molecule has 1 N–H and O–H groups in total. The van der Waals surface area contributed by atoms with Gasteiger partial charge in [-0.05, 0) is 50.8 Å². The third-order valence-corrected chi connectivity index (χ3v) is 6.04. The number of aromatic nitrogens is 3. The number of pyridine rings is 1. The number of piperidine rings is 1. The fraction of sp³-hybridized carbons (Fsp3) is 0.435. The molecule has 0 spiro atoms. The number of benzene rings is 1. The normalized spacial score (nSPS) is 16.9. The van der Waals surface area contributed by atoms with Crippen molar-refractivity contribution in [1.82, 2.24) is 19.0 Å². The Labute approximate surface area is 175 Å². The Morgan fingerprint density at radius 1 is 1.23 bits per heavy atom. The summed E-state index contributed by atoms with van der Waals surface area (Å²) < 4.78 is 3.71. The van der Waals surface area contributed by atoms with E-state index in [1.165, 1.54) is 6.07 Å². The highest BCUT2D eigenvalue weighted by molar-refractivity contribution is 5.78. The fourth-order valence-corrected chi connectivity index (χ4v) is 4.49. The Balaban J connectivity index is 1.48. The van der Waals surface area contributed by atoms with E-state index in [0.29, 0.717) is 25.1 Å². The monoisotopic (exact) mass is 408 g/mol. The lowest BCUT2D eigenvalue weighted by atomic mass is 10.0. The highest BCUT2D eigenvalue weighted by atomic mass is 16.3. The molecule has 1 aliphatic rings. The standard InChI is InChI=1S/C23H28N4O3/c1-16-14-17(28)15-22(30)26(16)13-7-11-21(29)27-12-6-5-10-20(27)23-24-18-8-3-4-9-19(18)25(23)2/h3-4,8-9,14-15,20,28H,5-7,10-13H2,1-2H3/t20-/m0/s1. The minimum atomic E-state index is -0.240. The van der Waals surface area contributed by atoms with Crippen LogP contribution in [-0.2, 0) is 18.4 Å². The average Bonchev–Trinajstić information content (AvgIpc) is 3.06. The second-order valence-electron chi connectivity index (χ2n) is 8.06. The van der Waals surface area contributed by atoms with Crippen molar-refractivity contribution < 1.29 is 9.90 Å². The summed E-state index contributed by atoms with van der Waals surface area (Å²) in [6.45, 7) is 2.99. The molecular formula is C23H28N4O3. The number of rotatable bonds is 5. The molecule has 1 fully saturated rings. The molecule has 0 saturated carbocycles. The highest BCUT2D eigenvalue weighted by Crippen LogP contribution is 2.32. The summed E-state index contributed by atoms with van der Waals surface area (Å²) >= 11 is 0. The average molecular weight is 409 g/mol. The van der Waals surface area contributed by atoms with E-state index in [1.54, 1.807) is 17.6 Å². The largest absolute Gasteiger partial charge is 0.508 e. The van der Waals surface area contributed by atoms with E-state index < -0.39 is 0 Å². The fourth-order valence-electron chi connectivity index (χ4n) is 4.49. The number of carbonyl (C=O) groups is 1. The molecule has 3 heterocycles. The van der Waals surface area contributed by atoms with Crippen LogP contribution in [0.25, 0.3) is 11.0 Å². The molecule has 0 unspecified atom stereocenters. The van der Waals surface area contributed by atoms with Crippen molar-refractivity contribution in [2.45, 2.75) is 51.6 Å². The summed E-state index contributed by atoms with van der Waals surface area (Å²) in [6, 6.07) is 10.8. The molecule has 7 nitrogen and oxygen atoms in total. The highest BCUT2D eigenvalue weighted by Gasteiger charge is 2.31. The first-order chi connectivity index (χ1) is 14.5. The van der Waals surface area contributed by atoms with Gasteiger partial charge in [0.15, 0.2) is 0 Å². The molecule has 1 amide bonds. The van der Waals surface area contributed by atoms with E-state index in [2.05, 4.69) is 10.6 Å². The first-order valence-electron chi connectivity index (χ1n) is 10.6. The molecule has 0 bridgehead atoms. The molecule has 0 radical (unpaired) electrons. The van der Waals surface area contributed by atoms with E-state index >= 15 is 0 Å². The zero-order chi connectivity index (χ0) is 21.3. The van der Waals surface area contributed by atoms with E-state index in [1.807, 2.05) is 30.1 Å². The molecule has 30 heavy (non-hydrogen) atoms. The van der Waals surface area contributed by atoms with Gasteiger partial charge in [0.2, 0.25) is 5.91 Å². The van der Waals surface area contributed by atoms with Crippen molar-refractivity contribution >= 4 is 16.9 Å². The number of hydrogen-bond donors (Lipinski definition) is 1. The van der Waals surface area contributed by atoms with Crippen LogP contribution in [0.3, 0.4) is 0 Å². The number of aryl methyl sites for hydroxylation is 2. The Morgan fingerprint density at radius 3 is 2.80 bits per heavy atom. The van der Waals surface area contributed by atoms with Crippen molar-refractivity contribution in [2.24, 2.45) is 7.05 Å². The van der Waals surface area contributed by atoms with Crippen molar-refractivity contribution in [3.8, 4) is 5.75 Å². The molecule has 1 atom stereocenters. The number of hydrogen-bond acceptors (Lipinski definition) is 4. The zero-order valence-electron chi connectivity index (χ0n) is 17.5. The molecule has 1 aromatic carbocycles. The number of amides is 1. The Bertz CT molecular complexity index is 1130. The second kappa shape index (κ2) is 8.34. The maximum atomic E-state index is 13.1. The molecule has 4 rings (SSSR count). The lowest BCUT2D eigenvalue weighted by Gasteiger charge is -2.35. The SMILES string of the molecule is Cc1cc(O)cc(=O)n1CCCC(=O)N1CCCC[C@H]1c1nc2ccccc2n1C. The van der Waals surface area contributed by atoms with Crippen LogP contribution in [0.5, 0.6) is 5.75 Å². The topological polar surface area (TPSA) is 80.4 Å². The Hall–Kier alpha value is -3.09. The van der Waals surface area contributed by atoms with Crippen molar-refractivity contribution in [3.63, 3.8) is 0 Å². The van der Waals surface area contributed by atoms with Crippen LogP contribution in [-0.4, -0.2) is 36.6 Å². The summed E-state index contributed by atoms with van der Waals surface area (Å²) in [6.07, 6.45) is 3.96. The first kappa shape index (κ1) is 20.2. The van der Waals surface area contributed by atoms with E-state index in [9.17, 15) is 14.7 Å². The minimum absolute atomic E-state index is 0.0122. The lowest BCUT2D eigenvalue weighted by molar-refractivity contribution is -0.135. The Morgan fingerprint density at radius 2 is 2.03 bits per heavy atom. The van der Waals surface area contributed by atoms with E-state index in [4.69, 9.17) is 4.98 Å². The molecule has 2 aromatic heterocycles. The van der Waals surface area contributed by atoms with Crippen LogP contribution in [0, 0.1) is 6.92 Å². The van der Waals surface area contributed by atoms with Gasteiger partial charge in [0.1, 0.15) is 11.6 Å². The maximum Gasteiger partial charge on any atom is 0.254 e. The van der Waals surface area contributed by atoms with Gasteiger partial charge in [-0.1, -0.05) is 12.1 Å². The van der Waals surface area contributed by atoms with Crippen LogP contribution in [0.1, 0.15) is 49.7 Å². The van der Waals surface area contributed by atoms with E-state index in [0.717, 1.165) is 42.7 Å². The van der Waals surface area contributed by atoms with Crippen LogP contribution in [0.4, 0.5) is 0 Å². The van der Waals surface area contributed by atoms with Crippen molar-refractivity contribution in [2.75, 3.05) is 6.54 Å². The number of carbonyl (C=O) groups excluding carboxylic acids is 1. The van der Waals surface area contributed by atoms with Gasteiger partial charge in [-0.25, -0.2) is 4.98 Å². The van der Waals surface area contributed by atoms with Crippen LogP contribution in [0.2, 0.25) is 0 Å². The minimum Gasteiger partial charge on any atom is -0.508 e. The molecule has 1 aliphatic heterocycles. The third kappa shape index (κ3) is 3.84. The van der Waals surface area contributed by atoms with Gasteiger partial charge < -0.3 is 19.1 Å². The lowest BCUT2D eigenvalue weighted by Crippen LogP contribution is -2.39. The van der Waals surface area contributed by atoms with Crippen LogP contribution in [0.15, 0.2) is 41.2 Å². The third-order valence-electron chi connectivity index (χ3n) is 6.04. The van der Waals surface area contributed by atoms with Crippen molar-refractivity contribution in [3.05, 3.63) is 58.3 Å². The smallest absolute Gasteiger partial charge is 0.254 e. The van der Waals surface area contributed by atoms with Crippen molar-refractivity contribution in [1.29, 1.82) is 0 Å². The van der Waals surface area contributed by atoms with Gasteiger partial charge in [-0.15, -0.1) is 0 Å². The Kier molecular flexibility index (Phi) is 5.61. The molecule has 3 aromatic rings. The van der Waals surface area contributed by atoms with Gasteiger partial charge in [0.25, 0.3) is 5.56 Å². The molecular weight excluding hydrogens is 380 g/mol. The summed E-state index contributed by atoms with van der Waals surface area (Å²) in [7, 11) is 2.02. The molecule has 0 aliphatic carbocycles. The number of nitrogens with zero attached hydrogens (tertiary/aromatic N) is 4. The van der Waals surface area contributed by atoms with Gasteiger partial charge in [0.05, 0.1) is 17.1 Å². The summed E-state index contributed by atoms with van der Waals surface area (Å²) in [5.74, 6) is 1.02. The summed E-state index contributed by atoms with van der Waals surface area (Å²) in [4.78, 5) is 32.0. The molecule has 158 valence electrons. The number of imidazole rings is 1. The predicted octanol–water partition coefficient (Wildman–Crippen LogP) is 3.28. The number of fused-ring (bicyclic) bond motifs is 1. The second-order valence-corrected chi connectivity index (χ2v) is 8.06. The quantitative estimate of drug-likeness (QED) is 0.703. The number of aromatic hydroxyl groups is 1. The number of para-hydroxylation sites is 2. The van der Waals surface area contributed by atoms with Crippen LogP contribution < -0.4 is 5.56 Å². The number of likely N-dealkylation sites (tertiary alicyclic amines) is 1. The van der Waals surface area contributed by atoms with Gasteiger partial charge in [0, 0.05) is 38.3 Å². The molecule has 7 heteroatoms. The zero-order valence-corrected chi connectivity index (χ0v) is 17.5. The summed E-state index contributed by atoms with van der Waals surface area (Å²) in [5.41, 5.74) is 2.49. The summed E-state index contributed by atoms with van der Waals surface area (Å²) in [5, 5.41) is 9.53. The predicted molar refractivity (Wildman–Crippen MR) is 115 cm³/mol. The van der Waals surface area contributed by atoms with Gasteiger partial charge >= 0.3 is 0 Å². The maximum absolute atomic E-state index is 13.1. The van der Waals surface area contributed by atoms with Gasteiger partial charge in [-0.2, -0.15) is 0 Å². The van der Waals surface area contributed by atoms with Crippen LogP contribution >= 0.6 is 0 Å².